The number of fused-ring (bicyclic) bond motifs is 1. The summed E-state index contributed by atoms with van der Waals surface area (Å²) in [5, 5.41) is 10.3. The lowest BCUT2D eigenvalue weighted by atomic mass is 10.2. The van der Waals surface area contributed by atoms with E-state index in [1.807, 2.05) is 89.6 Å². The van der Waals surface area contributed by atoms with Gasteiger partial charge in [-0.1, -0.05) is 71.9 Å². The van der Waals surface area contributed by atoms with Crippen LogP contribution in [0.4, 0.5) is 11.5 Å². The first-order chi connectivity index (χ1) is 15.3. The predicted molar refractivity (Wildman–Crippen MR) is 127 cm³/mol. The Hall–Kier alpha value is -3.35. The van der Waals surface area contributed by atoms with Gasteiger partial charge in [0.15, 0.2) is 10.8 Å². The third-order valence-corrected chi connectivity index (χ3v) is 5.90. The first kappa shape index (κ1) is 19.6. The van der Waals surface area contributed by atoms with Gasteiger partial charge in [0, 0.05) is 16.5 Å². The topological polar surface area (TPSA) is 55.6 Å². The van der Waals surface area contributed by atoms with E-state index in [2.05, 4.69) is 10.4 Å². The molecule has 0 saturated heterocycles. The molecule has 0 bridgehead atoms. The van der Waals surface area contributed by atoms with Gasteiger partial charge in [0.05, 0.1) is 17.3 Å². The second kappa shape index (κ2) is 8.79. The monoisotopic (exact) mass is 443 g/mol. The van der Waals surface area contributed by atoms with Gasteiger partial charge in [-0.25, -0.2) is 14.6 Å². The van der Waals surface area contributed by atoms with Gasteiger partial charge in [0.2, 0.25) is 0 Å². The Balaban J connectivity index is 1.55. The zero-order valence-electron chi connectivity index (χ0n) is 16.4. The number of para-hydroxylation sites is 2. The van der Waals surface area contributed by atoms with Crippen molar-refractivity contribution in [2.24, 2.45) is 0 Å². The van der Waals surface area contributed by atoms with E-state index in [0.717, 1.165) is 44.6 Å². The fourth-order valence-electron chi connectivity index (χ4n) is 3.19. The Bertz CT molecular complexity index is 1300. The molecule has 1 N–H and O–H groups in total. The van der Waals surface area contributed by atoms with Crippen LogP contribution >= 0.6 is 23.4 Å². The molecule has 31 heavy (non-hydrogen) atoms. The summed E-state index contributed by atoms with van der Waals surface area (Å²) < 4.78 is 1.85. The molecule has 0 amide bonds. The molecule has 0 aliphatic heterocycles. The van der Waals surface area contributed by atoms with Crippen LogP contribution in [0.5, 0.6) is 0 Å². The van der Waals surface area contributed by atoms with Crippen molar-refractivity contribution < 1.29 is 0 Å². The SMILES string of the molecule is Clc1ccc(CSc2nc(Nc3ccccc3)c3cnn(-c4ccccc4)c3n2)cc1. The Labute approximate surface area is 189 Å². The van der Waals surface area contributed by atoms with Crippen molar-refractivity contribution in [1.29, 1.82) is 0 Å². The summed E-state index contributed by atoms with van der Waals surface area (Å²) in [6.45, 7) is 0. The molecule has 5 nitrogen and oxygen atoms in total. The minimum Gasteiger partial charge on any atom is -0.339 e. The highest BCUT2D eigenvalue weighted by Crippen LogP contribution is 2.29. The molecule has 2 heterocycles. The molecule has 5 aromatic rings. The molecule has 0 fully saturated rings. The van der Waals surface area contributed by atoms with Gasteiger partial charge >= 0.3 is 0 Å². The summed E-state index contributed by atoms with van der Waals surface area (Å²) >= 11 is 7.59. The van der Waals surface area contributed by atoms with Crippen LogP contribution in [0, 0.1) is 0 Å². The van der Waals surface area contributed by atoms with E-state index < -0.39 is 0 Å². The number of rotatable bonds is 6. The second-order valence-electron chi connectivity index (χ2n) is 6.89. The van der Waals surface area contributed by atoms with Crippen LogP contribution in [0.15, 0.2) is 96.3 Å². The molecule has 0 spiro atoms. The third-order valence-electron chi connectivity index (χ3n) is 4.73. The summed E-state index contributed by atoms with van der Waals surface area (Å²) in [4.78, 5) is 9.63. The highest BCUT2D eigenvalue weighted by Gasteiger charge is 2.15. The fourth-order valence-corrected chi connectivity index (χ4v) is 4.11. The molecule has 0 aliphatic carbocycles. The minimum absolute atomic E-state index is 0.679. The van der Waals surface area contributed by atoms with Crippen molar-refractivity contribution in [3.63, 3.8) is 0 Å². The first-order valence-electron chi connectivity index (χ1n) is 9.77. The Kier molecular flexibility index (Phi) is 5.56. The van der Waals surface area contributed by atoms with Crippen molar-refractivity contribution in [1.82, 2.24) is 19.7 Å². The lowest BCUT2D eigenvalue weighted by Gasteiger charge is -2.10. The third kappa shape index (κ3) is 4.40. The van der Waals surface area contributed by atoms with Crippen LogP contribution in [0.25, 0.3) is 16.7 Å². The maximum Gasteiger partial charge on any atom is 0.191 e. The number of nitrogens with zero attached hydrogens (tertiary/aromatic N) is 4. The number of aromatic nitrogens is 4. The van der Waals surface area contributed by atoms with Gasteiger partial charge in [-0.2, -0.15) is 5.10 Å². The van der Waals surface area contributed by atoms with Crippen molar-refractivity contribution in [3.8, 4) is 5.69 Å². The highest BCUT2D eigenvalue weighted by atomic mass is 35.5. The number of nitrogens with one attached hydrogen (secondary N) is 1. The zero-order chi connectivity index (χ0) is 21.0. The molecular weight excluding hydrogens is 426 g/mol. The van der Waals surface area contributed by atoms with Gasteiger partial charge in [-0.05, 0) is 42.0 Å². The van der Waals surface area contributed by atoms with Crippen LogP contribution in [0.3, 0.4) is 0 Å². The fraction of sp³-hybridized carbons (Fsp3) is 0.0417. The molecule has 152 valence electrons. The normalized spacial score (nSPS) is 11.0. The number of hydrogen-bond acceptors (Lipinski definition) is 5. The molecule has 0 aliphatic rings. The predicted octanol–water partition coefficient (Wildman–Crippen LogP) is 6.50. The van der Waals surface area contributed by atoms with E-state index in [-0.39, 0.29) is 0 Å². The average Bonchev–Trinajstić information content (AvgIpc) is 3.24. The number of benzene rings is 3. The molecule has 0 saturated carbocycles. The van der Waals surface area contributed by atoms with Crippen LogP contribution in [0.2, 0.25) is 5.02 Å². The van der Waals surface area contributed by atoms with Crippen molar-refractivity contribution in [3.05, 3.63) is 102 Å². The first-order valence-corrected chi connectivity index (χ1v) is 11.1. The average molecular weight is 444 g/mol. The highest BCUT2D eigenvalue weighted by molar-refractivity contribution is 7.98. The number of hydrogen-bond donors (Lipinski definition) is 1. The van der Waals surface area contributed by atoms with E-state index >= 15 is 0 Å². The number of thioether (sulfide) groups is 1. The van der Waals surface area contributed by atoms with Gasteiger partial charge in [-0.15, -0.1) is 0 Å². The molecule has 3 aromatic carbocycles. The van der Waals surface area contributed by atoms with Crippen LogP contribution in [-0.4, -0.2) is 19.7 Å². The quantitative estimate of drug-likeness (QED) is 0.239. The Morgan fingerprint density at radius 2 is 1.55 bits per heavy atom. The molecular formula is C24H18ClN5S. The van der Waals surface area contributed by atoms with Gasteiger partial charge in [0.1, 0.15) is 5.82 Å². The lowest BCUT2D eigenvalue weighted by molar-refractivity contribution is 0.877. The van der Waals surface area contributed by atoms with Gasteiger partial charge < -0.3 is 5.32 Å². The largest absolute Gasteiger partial charge is 0.339 e. The Morgan fingerprint density at radius 3 is 2.29 bits per heavy atom. The van der Waals surface area contributed by atoms with E-state index in [4.69, 9.17) is 21.6 Å². The smallest absolute Gasteiger partial charge is 0.191 e. The Morgan fingerprint density at radius 1 is 0.839 bits per heavy atom. The van der Waals surface area contributed by atoms with Crippen LogP contribution < -0.4 is 5.32 Å². The standard InChI is InChI=1S/C24H18ClN5S/c25-18-13-11-17(12-14-18)16-31-24-28-22(27-19-7-3-1-4-8-19)21-15-26-30(23(21)29-24)20-9-5-2-6-10-20/h1-15H,16H2,(H,27,28,29). The summed E-state index contributed by atoms with van der Waals surface area (Å²) in [5.74, 6) is 1.48. The second-order valence-corrected chi connectivity index (χ2v) is 8.27. The van der Waals surface area contributed by atoms with Crippen LogP contribution in [-0.2, 0) is 5.75 Å². The molecule has 0 radical (unpaired) electrons. The number of anilines is 2. The van der Waals surface area contributed by atoms with E-state index in [0.29, 0.717) is 5.16 Å². The zero-order valence-corrected chi connectivity index (χ0v) is 18.0. The molecule has 2 aromatic heterocycles. The van der Waals surface area contributed by atoms with Crippen molar-refractivity contribution >= 4 is 45.9 Å². The molecule has 7 heteroatoms. The van der Waals surface area contributed by atoms with Crippen LogP contribution in [0.1, 0.15) is 5.56 Å². The summed E-state index contributed by atoms with van der Waals surface area (Å²) in [7, 11) is 0. The number of halogens is 1. The van der Waals surface area contributed by atoms with E-state index in [1.165, 1.54) is 0 Å². The van der Waals surface area contributed by atoms with Crippen molar-refractivity contribution in [2.75, 3.05) is 5.32 Å². The lowest BCUT2D eigenvalue weighted by Crippen LogP contribution is -2.01. The maximum atomic E-state index is 6.01. The minimum atomic E-state index is 0.679. The summed E-state index contributed by atoms with van der Waals surface area (Å²) in [5.41, 5.74) is 3.84. The molecule has 5 rings (SSSR count). The van der Waals surface area contributed by atoms with Gasteiger partial charge in [-0.3, -0.25) is 0 Å². The van der Waals surface area contributed by atoms with E-state index in [9.17, 15) is 0 Å². The van der Waals surface area contributed by atoms with E-state index in [1.54, 1.807) is 18.0 Å². The molecule has 0 atom stereocenters. The summed E-state index contributed by atoms with van der Waals surface area (Å²) in [6, 6.07) is 27.8. The molecule has 0 unspecified atom stereocenters. The van der Waals surface area contributed by atoms with Gasteiger partial charge in [0.25, 0.3) is 0 Å². The van der Waals surface area contributed by atoms with Crippen molar-refractivity contribution in [2.45, 2.75) is 10.9 Å². The summed E-state index contributed by atoms with van der Waals surface area (Å²) in [6.07, 6.45) is 1.81. The maximum absolute atomic E-state index is 6.01.